The molecule has 0 N–H and O–H groups in total. The third kappa shape index (κ3) is 4.72. The van der Waals surface area contributed by atoms with Gasteiger partial charge in [-0.1, -0.05) is 19.1 Å². The second-order valence-corrected chi connectivity index (χ2v) is 11.3. The molecule has 0 spiro atoms. The van der Waals surface area contributed by atoms with Crippen molar-refractivity contribution >= 4 is 40.4 Å². The lowest BCUT2D eigenvalue weighted by Crippen LogP contribution is -2.51. The van der Waals surface area contributed by atoms with Crippen molar-refractivity contribution in [2.24, 2.45) is 0 Å². The van der Waals surface area contributed by atoms with Crippen LogP contribution >= 0.6 is 11.8 Å². The van der Waals surface area contributed by atoms with E-state index in [1.54, 1.807) is 18.2 Å². The van der Waals surface area contributed by atoms with Gasteiger partial charge < -0.3 is 4.90 Å². The fourth-order valence-electron chi connectivity index (χ4n) is 5.48. The smallest absolute Gasteiger partial charge is 0.293 e. The molecule has 0 aromatic heterocycles. The van der Waals surface area contributed by atoms with Crippen molar-refractivity contribution in [3.05, 3.63) is 73.7 Å². The molecule has 2 aliphatic rings. The molecule has 0 aliphatic carbocycles. The standard InChI is InChI=1S/C27H31N3O4S/c1-16(2)29-23-10-17(3)20(12-22(23)18(4)14-27(29,5)6)13-24-25(31)28(26(32)35-24)15-19-8-7-9-21(11-19)30(33)34/h7-13,16,18H,14-15H2,1-6H3/b24-13-/t18-/m1/s1. The highest BCUT2D eigenvalue weighted by Gasteiger charge is 2.39. The highest BCUT2D eigenvalue weighted by molar-refractivity contribution is 8.18. The molecule has 0 radical (unpaired) electrons. The summed E-state index contributed by atoms with van der Waals surface area (Å²) in [5, 5.41) is 10.7. The Labute approximate surface area is 210 Å². The predicted molar refractivity (Wildman–Crippen MR) is 141 cm³/mol. The summed E-state index contributed by atoms with van der Waals surface area (Å²) in [5.41, 5.74) is 4.98. The number of aryl methyl sites for hydroxylation is 1. The number of anilines is 1. The van der Waals surface area contributed by atoms with Crippen LogP contribution in [0.2, 0.25) is 0 Å². The normalized spacial score (nSPS) is 20.7. The lowest BCUT2D eigenvalue weighted by molar-refractivity contribution is -0.384. The molecular formula is C27H31N3O4S. The number of nitrogens with zero attached hydrogens (tertiary/aromatic N) is 3. The third-order valence-corrected chi connectivity index (χ3v) is 7.71. The second-order valence-electron chi connectivity index (χ2n) is 10.3. The Bertz CT molecular complexity index is 1250. The van der Waals surface area contributed by atoms with Crippen LogP contribution in [0.3, 0.4) is 0 Å². The van der Waals surface area contributed by atoms with Gasteiger partial charge in [0.1, 0.15) is 0 Å². The fraction of sp³-hybridized carbons (Fsp3) is 0.407. The van der Waals surface area contributed by atoms with Gasteiger partial charge in [-0.25, -0.2) is 0 Å². The van der Waals surface area contributed by atoms with Crippen LogP contribution in [0, 0.1) is 17.0 Å². The number of imide groups is 1. The Hall–Kier alpha value is -3.13. The number of benzene rings is 2. The SMILES string of the molecule is Cc1cc2c(cc1/C=C1\SC(=O)N(Cc3cccc([N+](=O)[O-])c3)C1=O)[C@H](C)CC(C)(C)N2C(C)C. The van der Waals surface area contributed by atoms with Crippen LogP contribution in [0.15, 0.2) is 41.3 Å². The minimum absolute atomic E-state index is 0.00230. The number of rotatable bonds is 5. The maximum atomic E-state index is 13.1. The summed E-state index contributed by atoms with van der Waals surface area (Å²) in [6, 6.07) is 10.7. The predicted octanol–water partition coefficient (Wildman–Crippen LogP) is 6.64. The largest absolute Gasteiger partial charge is 0.364 e. The molecule has 184 valence electrons. The molecule has 0 unspecified atom stereocenters. The molecule has 4 rings (SSSR count). The van der Waals surface area contributed by atoms with Crippen LogP contribution < -0.4 is 4.90 Å². The average Bonchev–Trinajstić information content (AvgIpc) is 3.01. The Morgan fingerprint density at radius 2 is 1.94 bits per heavy atom. The summed E-state index contributed by atoms with van der Waals surface area (Å²) < 4.78 is 0. The lowest BCUT2D eigenvalue weighted by Gasteiger charge is -2.50. The Morgan fingerprint density at radius 3 is 2.60 bits per heavy atom. The molecule has 2 aromatic rings. The highest BCUT2D eigenvalue weighted by Crippen LogP contribution is 2.46. The van der Waals surface area contributed by atoms with E-state index in [0.29, 0.717) is 22.4 Å². The zero-order valence-electron chi connectivity index (χ0n) is 21.0. The van der Waals surface area contributed by atoms with E-state index in [4.69, 9.17) is 0 Å². The number of hydrogen-bond acceptors (Lipinski definition) is 6. The number of fused-ring (bicyclic) bond motifs is 1. The van der Waals surface area contributed by atoms with E-state index >= 15 is 0 Å². The van der Waals surface area contributed by atoms with Crippen molar-refractivity contribution in [3.63, 3.8) is 0 Å². The van der Waals surface area contributed by atoms with Crippen LogP contribution in [0.1, 0.15) is 69.2 Å². The van der Waals surface area contributed by atoms with Gasteiger partial charge in [0, 0.05) is 29.4 Å². The number of amides is 2. The van der Waals surface area contributed by atoms with Gasteiger partial charge in [-0.05, 0) is 99.2 Å². The van der Waals surface area contributed by atoms with Gasteiger partial charge in [0.05, 0.1) is 16.4 Å². The summed E-state index contributed by atoms with van der Waals surface area (Å²) >= 11 is 0.913. The molecule has 1 fully saturated rings. The van der Waals surface area contributed by atoms with Crippen LogP contribution in [-0.2, 0) is 11.3 Å². The number of nitro benzene ring substituents is 1. The molecule has 2 aromatic carbocycles. The molecule has 1 saturated heterocycles. The summed E-state index contributed by atoms with van der Waals surface area (Å²) in [4.78, 5) is 40.3. The topological polar surface area (TPSA) is 83.8 Å². The van der Waals surface area contributed by atoms with Gasteiger partial charge in [-0.2, -0.15) is 0 Å². The maximum Gasteiger partial charge on any atom is 0.293 e. The number of hydrogen-bond donors (Lipinski definition) is 0. The minimum atomic E-state index is -0.487. The molecule has 1 atom stereocenters. The number of carbonyl (C=O) groups excluding carboxylic acids is 2. The zero-order chi connectivity index (χ0) is 25.7. The first-order valence-corrected chi connectivity index (χ1v) is 12.6. The summed E-state index contributed by atoms with van der Waals surface area (Å²) in [7, 11) is 0. The summed E-state index contributed by atoms with van der Waals surface area (Å²) in [6.45, 7) is 13.3. The van der Waals surface area contributed by atoms with Gasteiger partial charge in [-0.15, -0.1) is 0 Å². The number of nitro groups is 1. The fourth-order valence-corrected chi connectivity index (χ4v) is 6.30. The van der Waals surface area contributed by atoms with E-state index < -0.39 is 4.92 Å². The van der Waals surface area contributed by atoms with Gasteiger partial charge in [0.15, 0.2) is 0 Å². The van der Waals surface area contributed by atoms with E-state index in [2.05, 4.69) is 51.7 Å². The van der Waals surface area contributed by atoms with Crippen molar-refractivity contribution in [3.8, 4) is 0 Å². The van der Waals surface area contributed by atoms with Gasteiger partial charge in [0.25, 0.3) is 16.8 Å². The quantitative estimate of drug-likeness (QED) is 0.264. The van der Waals surface area contributed by atoms with Crippen LogP contribution in [0.25, 0.3) is 6.08 Å². The van der Waals surface area contributed by atoms with E-state index in [9.17, 15) is 19.7 Å². The molecule has 35 heavy (non-hydrogen) atoms. The molecule has 8 heteroatoms. The van der Waals surface area contributed by atoms with Gasteiger partial charge in [-0.3, -0.25) is 24.6 Å². The first-order valence-electron chi connectivity index (χ1n) is 11.8. The molecule has 2 aliphatic heterocycles. The van der Waals surface area contributed by atoms with Crippen LogP contribution in [-0.4, -0.2) is 32.6 Å². The van der Waals surface area contributed by atoms with Crippen molar-refractivity contribution in [1.82, 2.24) is 4.90 Å². The average molecular weight is 494 g/mol. The van der Waals surface area contributed by atoms with Gasteiger partial charge >= 0.3 is 0 Å². The summed E-state index contributed by atoms with van der Waals surface area (Å²) in [6.07, 6.45) is 2.83. The van der Waals surface area contributed by atoms with Crippen molar-refractivity contribution in [1.29, 1.82) is 0 Å². The molecule has 7 nitrogen and oxygen atoms in total. The molecule has 2 heterocycles. The third-order valence-electron chi connectivity index (χ3n) is 6.80. The van der Waals surface area contributed by atoms with E-state index in [1.165, 1.54) is 23.4 Å². The van der Waals surface area contributed by atoms with E-state index in [1.807, 2.05) is 6.92 Å². The highest BCUT2D eigenvalue weighted by atomic mass is 32.2. The number of carbonyl (C=O) groups is 2. The van der Waals surface area contributed by atoms with Crippen LogP contribution in [0.4, 0.5) is 16.2 Å². The number of non-ortho nitro benzene ring substituents is 1. The Balaban J connectivity index is 1.65. The molecule has 0 bridgehead atoms. The molecule has 2 amide bonds. The zero-order valence-corrected chi connectivity index (χ0v) is 21.8. The Kier molecular flexibility index (Phi) is 6.53. The summed E-state index contributed by atoms with van der Waals surface area (Å²) in [5.74, 6) is -0.00620. The number of thioether (sulfide) groups is 1. The maximum absolute atomic E-state index is 13.1. The van der Waals surface area contributed by atoms with Crippen molar-refractivity contribution < 1.29 is 14.5 Å². The first-order chi connectivity index (χ1) is 16.4. The van der Waals surface area contributed by atoms with Gasteiger partial charge in [0.2, 0.25) is 0 Å². The van der Waals surface area contributed by atoms with Crippen LogP contribution in [0.5, 0.6) is 0 Å². The minimum Gasteiger partial charge on any atom is -0.364 e. The Morgan fingerprint density at radius 1 is 1.23 bits per heavy atom. The van der Waals surface area contributed by atoms with Crippen molar-refractivity contribution in [2.45, 2.75) is 72.0 Å². The monoisotopic (exact) mass is 493 g/mol. The first kappa shape index (κ1) is 25.0. The van der Waals surface area contributed by atoms with Crippen molar-refractivity contribution in [2.75, 3.05) is 4.90 Å². The molecular weight excluding hydrogens is 462 g/mol. The molecule has 0 saturated carbocycles. The van der Waals surface area contributed by atoms with E-state index in [-0.39, 0.29) is 28.9 Å². The second kappa shape index (κ2) is 9.15. The van der Waals surface area contributed by atoms with E-state index in [0.717, 1.165) is 34.2 Å². The lowest BCUT2D eigenvalue weighted by atomic mass is 9.78.